The number of rotatable bonds is 6. The lowest BCUT2D eigenvalue weighted by Crippen LogP contribution is -2.28. The predicted octanol–water partition coefficient (Wildman–Crippen LogP) is 6.38. The first-order valence-electron chi connectivity index (χ1n) is 10.2. The fraction of sp³-hybridized carbons (Fsp3) is 0.154. The van der Waals surface area contributed by atoms with Crippen LogP contribution >= 0.6 is 11.8 Å². The van der Waals surface area contributed by atoms with E-state index < -0.39 is 0 Å². The van der Waals surface area contributed by atoms with Gasteiger partial charge in [-0.2, -0.15) is 0 Å². The lowest BCUT2D eigenvalue weighted by atomic mass is 10.1. The number of carbonyl (C=O) groups is 2. The van der Waals surface area contributed by atoms with Crippen molar-refractivity contribution in [2.24, 2.45) is 0 Å². The van der Waals surface area contributed by atoms with Gasteiger partial charge in [-0.15, -0.1) is 0 Å². The summed E-state index contributed by atoms with van der Waals surface area (Å²) in [5.41, 5.74) is 4.74. The van der Waals surface area contributed by atoms with E-state index in [9.17, 15) is 9.59 Å². The zero-order valence-corrected chi connectivity index (χ0v) is 18.3. The van der Waals surface area contributed by atoms with Crippen LogP contribution in [-0.2, 0) is 17.8 Å². The fourth-order valence-electron chi connectivity index (χ4n) is 3.40. The van der Waals surface area contributed by atoms with Gasteiger partial charge in [0.15, 0.2) is 0 Å². The van der Waals surface area contributed by atoms with Crippen LogP contribution in [0.3, 0.4) is 0 Å². The van der Waals surface area contributed by atoms with E-state index in [4.69, 9.17) is 4.74 Å². The highest BCUT2D eigenvalue weighted by atomic mass is 32.2. The zero-order valence-electron chi connectivity index (χ0n) is 17.5. The smallest absolute Gasteiger partial charge is 0.298 e. The minimum absolute atomic E-state index is 0.274. The van der Waals surface area contributed by atoms with Gasteiger partial charge in [-0.25, -0.2) is 4.90 Å². The fourth-order valence-corrected chi connectivity index (χ4v) is 4.23. The summed E-state index contributed by atoms with van der Waals surface area (Å²) in [4.78, 5) is 27.3. The van der Waals surface area contributed by atoms with Crippen LogP contribution in [0.15, 0.2) is 77.7 Å². The van der Waals surface area contributed by atoms with Crippen molar-refractivity contribution in [2.45, 2.75) is 26.9 Å². The molecule has 5 heteroatoms. The van der Waals surface area contributed by atoms with Crippen LogP contribution in [0.2, 0.25) is 0 Å². The van der Waals surface area contributed by atoms with E-state index in [2.05, 4.69) is 19.1 Å². The molecule has 1 heterocycles. The molecular weight excluding hydrogens is 406 g/mol. The van der Waals surface area contributed by atoms with E-state index in [0.29, 0.717) is 22.9 Å². The molecule has 1 aliphatic rings. The number of benzene rings is 3. The summed E-state index contributed by atoms with van der Waals surface area (Å²) in [7, 11) is 0. The Hall–Kier alpha value is -3.31. The lowest BCUT2D eigenvalue weighted by molar-refractivity contribution is -0.113. The molecule has 156 valence electrons. The quantitative estimate of drug-likeness (QED) is 0.427. The molecule has 0 aliphatic carbocycles. The molecule has 0 unspecified atom stereocenters. The molecule has 0 N–H and O–H groups in total. The molecule has 0 spiro atoms. The summed E-state index contributed by atoms with van der Waals surface area (Å²) >= 11 is 0.966. The number of ether oxygens (including phenoxy) is 1. The summed E-state index contributed by atoms with van der Waals surface area (Å²) < 4.78 is 5.91. The van der Waals surface area contributed by atoms with Crippen LogP contribution in [0, 0.1) is 6.92 Å². The van der Waals surface area contributed by atoms with E-state index in [0.717, 1.165) is 34.9 Å². The zero-order chi connectivity index (χ0) is 21.8. The number of anilines is 1. The first-order valence-corrected chi connectivity index (χ1v) is 11.0. The summed E-state index contributed by atoms with van der Waals surface area (Å²) in [6.45, 7) is 4.53. The Morgan fingerprint density at radius 1 is 0.968 bits per heavy atom. The Kier molecular flexibility index (Phi) is 6.23. The minimum Gasteiger partial charge on any atom is -0.489 e. The molecule has 1 aliphatic heterocycles. The average molecular weight is 430 g/mol. The summed E-state index contributed by atoms with van der Waals surface area (Å²) in [6.07, 6.45) is 2.50. The number of amides is 2. The first kappa shape index (κ1) is 20.9. The molecule has 2 amide bonds. The summed E-state index contributed by atoms with van der Waals surface area (Å²) in [5.74, 6) is 0.423. The van der Waals surface area contributed by atoms with Crippen molar-refractivity contribution in [1.82, 2.24) is 0 Å². The van der Waals surface area contributed by atoms with Gasteiger partial charge in [0.2, 0.25) is 0 Å². The maximum Gasteiger partial charge on any atom is 0.298 e. The highest BCUT2D eigenvalue weighted by molar-refractivity contribution is 8.19. The monoisotopic (exact) mass is 429 g/mol. The highest BCUT2D eigenvalue weighted by Crippen LogP contribution is 2.37. The van der Waals surface area contributed by atoms with Crippen molar-refractivity contribution >= 4 is 34.7 Å². The third-order valence-electron chi connectivity index (χ3n) is 5.09. The molecule has 0 saturated carbocycles. The van der Waals surface area contributed by atoms with Crippen molar-refractivity contribution in [2.75, 3.05) is 4.90 Å². The molecule has 0 radical (unpaired) electrons. The molecule has 1 fully saturated rings. The molecular formula is C26H23NO3S. The van der Waals surface area contributed by atoms with Crippen molar-refractivity contribution in [1.29, 1.82) is 0 Å². The van der Waals surface area contributed by atoms with Gasteiger partial charge in [0.25, 0.3) is 11.1 Å². The standard InChI is InChI=1S/C26H23NO3S/c1-3-21-8-4-5-10-23(21)27-25(28)24(31-26(27)29)16-20-7-6-9-22(15-20)30-17-19-13-11-18(2)12-14-19/h4-16H,3,17H2,1-2H3/b24-16-. The van der Waals surface area contributed by atoms with Crippen molar-refractivity contribution in [3.8, 4) is 5.75 Å². The second-order valence-electron chi connectivity index (χ2n) is 7.35. The highest BCUT2D eigenvalue weighted by Gasteiger charge is 2.37. The third-order valence-corrected chi connectivity index (χ3v) is 5.96. The van der Waals surface area contributed by atoms with Gasteiger partial charge in [-0.05, 0) is 66.1 Å². The Bertz CT molecular complexity index is 1150. The van der Waals surface area contributed by atoms with E-state index in [1.165, 1.54) is 10.5 Å². The van der Waals surface area contributed by atoms with Gasteiger partial charge in [0, 0.05) is 0 Å². The van der Waals surface area contributed by atoms with Gasteiger partial charge in [0.1, 0.15) is 12.4 Å². The van der Waals surface area contributed by atoms with Crippen LogP contribution in [0.4, 0.5) is 10.5 Å². The molecule has 1 saturated heterocycles. The second-order valence-corrected chi connectivity index (χ2v) is 8.34. The van der Waals surface area contributed by atoms with Gasteiger partial charge in [0.05, 0.1) is 10.6 Å². The van der Waals surface area contributed by atoms with Gasteiger partial charge in [-0.1, -0.05) is 67.1 Å². The SMILES string of the molecule is CCc1ccccc1N1C(=O)S/C(=C\c2cccc(OCc3ccc(C)cc3)c2)C1=O. The molecule has 31 heavy (non-hydrogen) atoms. The number of para-hydroxylation sites is 1. The average Bonchev–Trinajstić information content (AvgIpc) is 3.06. The third kappa shape index (κ3) is 4.72. The van der Waals surface area contributed by atoms with Gasteiger partial charge >= 0.3 is 0 Å². The van der Waals surface area contributed by atoms with Gasteiger partial charge in [-0.3, -0.25) is 9.59 Å². The number of carbonyl (C=O) groups excluding carboxylic acids is 2. The van der Waals surface area contributed by atoms with E-state index >= 15 is 0 Å². The van der Waals surface area contributed by atoms with Crippen molar-refractivity contribution in [3.63, 3.8) is 0 Å². The van der Waals surface area contributed by atoms with Crippen LogP contribution in [0.5, 0.6) is 5.75 Å². The van der Waals surface area contributed by atoms with Crippen molar-refractivity contribution < 1.29 is 14.3 Å². The lowest BCUT2D eigenvalue weighted by Gasteiger charge is -2.16. The van der Waals surface area contributed by atoms with E-state index in [1.807, 2.05) is 67.6 Å². The van der Waals surface area contributed by atoms with Gasteiger partial charge < -0.3 is 4.74 Å². The topological polar surface area (TPSA) is 46.6 Å². The Labute approximate surface area is 186 Å². The van der Waals surface area contributed by atoms with E-state index in [1.54, 1.807) is 6.08 Å². The number of aryl methyl sites for hydroxylation is 2. The molecule has 3 aromatic rings. The Morgan fingerprint density at radius 2 is 1.74 bits per heavy atom. The predicted molar refractivity (Wildman–Crippen MR) is 126 cm³/mol. The molecule has 0 bridgehead atoms. The van der Waals surface area contributed by atoms with Crippen LogP contribution in [-0.4, -0.2) is 11.1 Å². The second kappa shape index (κ2) is 9.23. The summed E-state index contributed by atoms with van der Waals surface area (Å²) in [6, 6.07) is 23.3. The van der Waals surface area contributed by atoms with Crippen molar-refractivity contribution in [3.05, 3.63) is 100.0 Å². The van der Waals surface area contributed by atoms with Crippen LogP contribution in [0.25, 0.3) is 6.08 Å². The molecule has 4 rings (SSSR count). The number of imide groups is 1. The Balaban J connectivity index is 1.52. The van der Waals surface area contributed by atoms with Crippen LogP contribution < -0.4 is 9.64 Å². The number of nitrogens with zero attached hydrogens (tertiary/aromatic N) is 1. The minimum atomic E-state index is -0.290. The number of hydrogen-bond acceptors (Lipinski definition) is 4. The van der Waals surface area contributed by atoms with E-state index in [-0.39, 0.29) is 11.1 Å². The first-order chi connectivity index (χ1) is 15.0. The normalized spacial score (nSPS) is 15.0. The largest absolute Gasteiger partial charge is 0.489 e. The molecule has 0 atom stereocenters. The maximum absolute atomic E-state index is 13.0. The number of thioether (sulfide) groups is 1. The Morgan fingerprint density at radius 3 is 2.52 bits per heavy atom. The number of hydrogen-bond donors (Lipinski definition) is 0. The molecule has 0 aromatic heterocycles. The summed E-state index contributed by atoms with van der Waals surface area (Å²) in [5, 5.41) is -0.274. The van der Waals surface area contributed by atoms with Crippen LogP contribution in [0.1, 0.15) is 29.2 Å². The molecule has 4 nitrogen and oxygen atoms in total. The maximum atomic E-state index is 13.0. The molecule has 3 aromatic carbocycles.